The van der Waals surface area contributed by atoms with Gasteiger partial charge in [-0.3, -0.25) is 4.79 Å². The van der Waals surface area contributed by atoms with Gasteiger partial charge >= 0.3 is 0 Å². The third-order valence-electron chi connectivity index (χ3n) is 4.99. The highest BCUT2D eigenvalue weighted by molar-refractivity contribution is 5.95. The highest BCUT2D eigenvalue weighted by atomic mass is 19.1. The van der Waals surface area contributed by atoms with E-state index in [1.807, 2.05) is 12.1 Å². The molecule has 0 fully saturated rings. The number of carbonyl (C=O) groups is 1. The molecular formula is C22H21FN2O2. The summed E-state index contributed by atoms with van der Waals surface area (Å²) < 4.78 is 18.9. The number of anilines is 1. The van der Waals surface area contributed by atoms with E-state index < -0.39 is 0 Å². The van der Waals surface area contributed by atoms with E-state index in [0.717, 1.165) is 12.0 Å². The van der Waals surface area contributed by atoms with Crippen molar-refractivity contribution in [2.24, 2.45) is 0 Å². The molecule has 5 heteroatoms. The molecule has 0 saturated heterocycles. The summed E-state index contributed by atoms with van der Waals surface area (Å²) in [5, 5.41) is 2.84. The number of fused-ring (bicyclic) bond motifs is 1. The Morgan fingerprint density at radius 1 is 1.22 bits per heavy atom. The van der Waals surface area contributed by atoms with Gasteiger partial charge in [0.15, 0.2) is 0 Å². The lowest BCUT2D eigenvalue weighted by Gasteiger charge is -2.24. The fraction of sp³-hybridized carbons (Fsp3) is 0.227. The topological polar surface area (TPSA) is 45.5 Å². The molecule has 1 N–H and O–H groups in total. The lowest BCUT2D eigenvalue weighted by Crippen LogP contribution is -2.30. The predicted octanol–water partition coefficient (Wildman–Crippen LogP) is 4.30. The molecule has 1 aliphatic heterocycles. The van der Waals surface area contributed by atoms with E-state index in [0.29, 0.717) is 23.9 Å². The Kier molecular flexibility index (Phi) is 4.67. The van der Waals surface area contributed by atoms with Crippen molar-refractivity contribution in [1.82, 2.24) is 5.32 Å². The Morgan fingerprint density at radius 3 is 2.93 bits per heavy atom. The smallest absolute Gasteiger partial charge is 0.255 e. The van der Waals surface area contributed by atoms with Crippen molar-refractivity contribution in [3.63, 3.8) is 0 Å². The maximum absolute atomic E-state index is 13.3. The van der Waals surface area contributed by atoms with E-state index in [1.54, 1.807) is 24.5 Å². The van der Waals surface area contributed by atoms with E-state index in [-0.39, 0.29) is 18.3 Å². The molecule has 1 aromatic heterocycles. The first-order chi connectivity index (χ1) is 13.1. The van der Waals surface area contributed by atoms with Crippen molar-refractivity contribution in [3.8, 4) is 0 Å². The van der Waals surface area contributed by atoms with Crippen LogP contribution in [0.3, 0.4) is 0 Å². The van der Waals surface area contributed by atoms with Gasteiger partial charge in [-0.15, -0.1) is 0 Å². The zero-order valence-corrected chi connectivity index (χ0v) is 15.1. The molecule has 0 spiro atoms. The summed E-state index contributed by atoms with van der Waals surface area (Å²) in [6.45, 7) is 2.98. The van der Waals surface area contributed by atoms with Crippen molar-refractivity contribution < 1.29 is 13.6 Å². The van der Waals surface area contributed by atoms with Gasteiger partial charge in [-0.1, -0.05) is 30.3 Å². The van der Waals surface area contributed by atoms with Crippen molar-refractivity contribution >= 4 is 11.6 Å². The van der Waals surface area contributed by atoms with Gasteiger partial charge in [-0.05, 0) is 48.7 Å². The summed E-state index contributed by atoms with van der Waals surface area (Å²) in [5.41, 5.74) is 3.74. The molecule has 2 aromatic carbocycles. The predicted molar refractivity (Wildman–Crippen MR) is 102 cm³/mol. The number of para-hydroxylation sites is 1. The van der Waals surface area contributed by atoms with Gasteiger partial charge in [0, 0.05) is 18.3 Å². The summed E-state index contributed by atoms with van der Waals surface area (Å²) in [6, 6.07) is 16.6. The molecule has 4 rings (SSSR count). The van der Waals surface area contributed by atoms with Crippen LogP contribution in [-0.2, 0) is 19.5 Å². The number of rotatable bonds is 5. The van der Waals surface area contributed by atoms with E-state index in [9.17, 15) is 9.18 Å². The third-order valence-corrected chi connectivity index (χ3v) is 4.99. The first-order valence-electron chi connectivity index (χ1n) is 9.05. The van der Waals surface area contributed by atoms with Gasteiger partial charge in [0.1, 0.15) is 11.6 Å². The zero-order valence-electron chi connectivity index (χ0n) is 15.1. The van der Waals surface area contributed by atoms with Gasteiger partial charge in [0.2, 0.25) is 0 Å². The number of carbonyl (C=O) groups excluding carboxylic acids is 1. The molecule has 0 aliphatic carbocycles. The van der Waals surface area contributed by atoms with Crippen LogP contribution in [0.25, 0.3) is 0 Å². The van der Waals surface area contributed by atoms with Gasteiger partial charge < -0.3 is 14.6 Å². The number of nitrogens with zero attached hydrogens (tertiary/aromatic N) is 1. The molecule has 1 aliphatic rings. The summed E-state index contributed by atoms with van der Waals surface area (Å²) in [5.74, 6) is 0.103. The number of hydrogen-bond donors (Lipinski definition) is 1. The van der Waals surface area contributed by atoms with Gasteiger partial charge in [-0.25, -0.2) is 4.39 Å². The second kappa shape index (κ2) is 7.27. The maximum Gasteiger partial charge on any atom is 0.255 e. The molecule has 3 aromatic rings. The van der Waals surface area contributed by atoms with Crippen LogP contribution in [0, 0.1) is 5.82 Å². The Hall–Kier alpha value is -3.08. The van der Waals surface area contributed by atoms with Crippen LogP contribution in [0.15, 0.2) is 65.3 Å². The third kappa shape index (κ3) is 3.58. The molecule has 1 amide bonds. The zero-order chi connectivity index (χ0) is 18.8. The van der Waals surface area contributed by atoms with Crippen LogP contribution < -0.4 is 10.2 Å². The molecular weight excluding hydrogens is 343 g/mol. The number of hydrogen-bond acceptors (Lipinski definition) is 3. The second-order valence-electron chi connectivity index (χ2n) is 6.88. The van der Waals surface area contributed by atoms with E-state index in [4.69, 9.17) is 4.42 Å². The van der Waals surface area contributed by atoms with Crippen molar-refractivity contribution in [2.75, 3.05) is 4.90 Å². The molecule has 0 saturated carbocycles. The SMILES string of the molecule is CC1Cc2ccccc2N1Cc1occc1C(=O)NCc1cccc(F)c1. The van der Waals surface area contributed by atoms with E-state index in [1.165, 1.54) is 23.4 Å². The Labute approximate surface area is 157 Å². The standard InChI is InChI=1S/C22H21FN2O2/c1-15-11-17-6-2-3-8-20(17)25(15)14-21-19(9-10-27-21)22(26)24-13-16-5-4-7-18(23)12-16/h2-10,12,15H,11,13-14H2,1H3,(H,24,26). The number of amides is 1. The summed E-state index contributed by atoms with van der Waals surface area (Å²) in [6.07, 6.45) is 2.52. The first kappa shape index (κ1) is 17.3. The van der Waals surface area contributed by atoms with Gasteiger partial charge in [-0.2, -0.15) is 0 Å². The lowest BCUT2D eigenvalue weighted by molar-refractivity contribution is 0.0948. The molecule has 27 heavy (non-hydrogen) atoms. The highest BCUT2D eigenvalue weighted by Gasteiger charge is 2.27. The van der Waals surface area contributed by atoms with Crippen molar-refractivity contribution in [2.45, 2.75) is 32.5 Å². The second-order valence-corrected chi connectivity index (χ2v) is 6.88. The monoisotopic (exact) mass is 364 g/mol. The number of nitrogens with one attached hydrogen (secondary N) is 1. The number of halogens is 1. The fourth-order valence-electron chi connectivity index (χ4n) is 3.62. The molecule has 2 heterocycles. The minimum atomic E-state index is -0.313. The quantitative estimate of drug-likeness (QED) is 0.734. The van der Waals surface area contributed by atoms with Crippen LogP contribution in [0.1, 0.15) is 34.2 Å². The van der Waals surface area contributed by atoms with Crippen molar-refractivity contribution in [3.05, 3.63) is 89.1 Å². The summed E-state index contributed by atoms with van der Waals surface area (Å²) >= 11 is 0. The van der Waals surface area contributed by atoms with Crippen LogP contribution in [0.5, 0.6) is 0 Å². The minimum Gasteiger partial charge on any atom is -0.467 e. The van der Waals surface area contributed by atoms with E-state index >= 15 is 0 Å². The molecule has 0 bridgehead atoms. The number of benzene rings is 2. The molecule has 4 nitrogen and oxygen atoms in total. The molecule has 1 atom stereocenters. The van der Waals surface area contributed by atoms with E-state index in [2.05, 4.69) is 29.3 Å². The van der Waals surface area contributed by atoms with Gasteiger partial charge in [0.25, 0.3) is 5.91 Å². The fourth-order valence-corrected chi connectivity index (χ4v) is 3.62. The normalized spacial score (nSPS) is 15.6. The maximum atomic E-state index is 13.3. The Bertz CT molecular complexity index is 966. The molecule has 1 unspecified atom stereocenters. The first-order valence-corrected chi connectivity index (χ1v) is 9.05. The molecule has 138 valence electrons. The minimum absolute atomic E-state index is 0.219. The summed E-state index contributed by atoms with van der Waals surface area (Å²) in [7, 11) is 0. The van der Waals surface area contributed by atoms with Crippen molar-refractivity contribution in [1.29, 1.82) is 0 Å². The Balaban J connectivity index is 1.47. The van der Waals surface area contributed by atoms with Gasteiger partial charge in [0.05, 0.1) is 18.4 Å². The highest BCUT2D eigenvalue weighted by Crippen LogP contribution is 2.33. The average Bonchev–Trinajstić information content (AvgIpc) is 3.25. The Morgan fingerprint density at radius 2 is 2.07 bits per heavy atom. The van der Waals surface area contributed by atoms with Crippen LogP contribution in [0.2, 0.25) is 0 Å². The summed E-state index contributed by atoms with van der Waals surface area (Å²) in [4.78, 5) is 14.9. The van der Waals surface area contributed by atoms with Crippen LogP contribution in [0.4, 0.5) is 10.1 Å². The average molecular weight is 364 g/mol. The largest absolute Gasteiger partial charge is 0.467 e. The van der Waals surface area contributed by atoms with Crippen LogP contribution >= 0.6 is 0 Å². The van der Waals surface area contributed by atoms with Crippen LogP contribution in [-0.4, -0.2) is 11.9 Å². The molecule has 0 radical (unpaired) electrons. The number of furan rings is 1. The lowest BCUT2D eigenvalue weighted by atomic mass is 10.1.